The molecule has 1 fully saturated rings. The molecule has 120 valence electrons. The highest BCUT2D eigenvalue weighted by Gasteiger charge is 2.47. The van der Waals surface area contributed by atoms with E-state index in [1.807, 2.05) is 26.0 Å². The Morgan fingerprint density at radius 2 is 1.77 bits per heavy atom. The van der Waals surface area contributed by atoms with Crippen LogP contribution < -0.4 is 0 Å². The number of esters is 1. The number of rotatable bonds is 6. The Labute approximate surface area is 136 Å². The number of likely N-dealkylation sites (N-methyl/N-ethyl adjacent to an activating group) is 1. The first-order valence-electron chi connectivity index (χ1n) is 7.74. The molecule has 22 heavy (non-hydrogen) atoms. The first-order valence-corrected chi connectivity index (χ1v) is 8.12. The van der Waals surface area contributed by atoms with Gasteiger partial charge in [-0.15, -0.1) is 0 Å². The molecular formula is C17H22ClNO3. The van der Waals surface area contributed by atoms with Crippen molar-refractivity contribution in [1.29, 1.82) is 0 Å². The Morgan fingerprint density at radius 3 is 2.23 bits per heavy atom. The van der Waals surface area contributed by atoms with Crippen molar-refractivity contribution < 1.29 is 14.3 Å². The number of carbonyl (C=O) groups is 2. The smallest absolute Gasteiger partial charge is 0.317 e. The lowest BCUT2D eigenvalue weighted by molar-refractivity contribution is -0.160. The Morgan fingerprint density at radius 1 is 1.18 bits per heavy atom. The Hall–Kier alpha value is -1.55. The Balaban J connectivity index is 2.03. The van der Waals surface area contributed by atoms with E-state index in [9.17, 15) is 9.59 Å². The van der Waals surface area contributed by atoms with Gasteiger partial charge in [-0.05, 0) is 44.4 Å². The van der Waals surface area contributed by atoms with E-state index in [0.717, 1.165) is 24.8 Å². The average Bonchev–Trinajstić information content (AvgIpc) is 2.47. The predicted molar refractivity (Wildman–Crippen MR) is 85.9 cm³/mol. The minimum atomic E-state index is -0.603. The molecule has 0 spiro atoms. The summed E-state index contributed by atoms with van der Waals surface area (Å²) in [5.41, 5.74) is 0.317. The zero-order valence-corrected chi connectivity index (χ0v) is 13.9. The molecule has 1 aromatic carbocycles. The summed E-state index contributed by atoms with van der Waals surface area (Å²) in [6.45, 7) is 4.87. The molecule has 0 radical (unpaired) electrons. The van der Waals surface area contributed by atoms with Gasteiger partial charge in [-0.3, -0.25) is 9.59 Å². The second-order valence-corrected chi connectivity index (χ2v) is 6.02. The summed E-state index contributed by atoms with van der Waals surface area (Å²) in [5, 5.41) is 0.642. The number of hydrogen-bond acceptors (Lipinski definition) is 3. The summed E-state index contributed by atoms with van der Waals surface area (Å²) < 4.78 is 5.32. The molecular weight excluding hydrogens is 302 g/mol. The zero-order valence-electron chi connectivity index (χ0n) is 13.1. The lowest BCUT2D eigenvalue weighted by atomic mass is 9.64. The fraction of sp³-hybridized carbons (Fsp3) is 0.529. The molecule has 0 atom stereocenters. The van der Waals surface area contributed by atoms with E-state index in [4.69, 9.17) is 16.3 Å². The molecule has 1 aromatic rings. The summed E-state index contributed by atoms with van der Waals surface area (Å²) in [7, 11) is 0. The summed E-state index contributed by atoms with van der Waals surface area (Å²) >= 11 is 5.91. The van der Waals surface area contributed by atoms with Crippen molar-refractivity contribution >= 4 is 23.5 Å². The number of benzene rings is 1. The van der Waals surface area contributed by atoms with Crippen LogP contribution in [0.5, 0.6) is 0 Å². The normalized spacial score (nSPS) is 15.8. The van der Waals surface area contributed by atoms with Crippen LogP contribution in [-0.4, -0.2) is 36.5 Å². The number of ether oxygens (including phenoxy) is 1. The van der Waals surface area contributed by atoms with Crippen LogP contribution in [0.4, 0.5) is 0 Å². The van der Waals surface area contributed by atoms with Gasteiger partial charge in [0.05, 0.1) is 5.41 Å². The van der Waals surface area contributed by atoms with Crippen LogP contribution in [-0.2, 0) is 19.7 Å². The second-order valence-electron chi connectivity index (χ2n) is 5.58. The van der Waals surface area contributed by atoms with Gasteiger partial charge in [-0.1, -0.05) is 30.2 Å². The van der Waals surface area contributed by atoms with Crippen LogP contribution >= 0.6 is 11.6 Å². The van der Waals surface area contributed by atoms with Crippen LogP contribution in [0.1, 0.15) is 38.7 Å². The molecule has 5 heteroatoms. The lowest BCUT2D eigenvalue weighted by Gasteiger charge is -2.39. The predicted octanol–water partition coefficient (Wildman–Crippen LogP) is 3.17. The van der Waals surface area contributed by atoms with E-state index in [-0.39, 0.29) is 18.5 Å². The topological polar surface area (TPSA) is 46.6 Å². The van der Waals surface area contributed by atoms with Crippen LogP contribution in [0.25, 0.3) is 0 Å². The van der Waals surface area contributed by atoms with Crippen molar-refractivity contribution in [2.45, 2.75) is 38.5 Å². The van der Waals surface area contributed by atoms with Gasteiger partial charge >= 0.3 is 5.97 Å². The summed E-state index contributed by atoms with van der Waals surface area (Å²) in [5.74, 6) is -0.453. The second kappa shape index (κ2) is 7.14. The monoisotopic (exact) mass is 323 g/mol. The fourth-order valence-electron chi connectivity index (χ4n) is 2.84. The van der Waals surface area contributed by atoms with Gasteiger partial charge in [-0.2, -0.15) is 0 Å². The number of halogens is 1. The van der Waals surface area contributed by atoms with Crippen molar-refractivity contribution in [2.24, 2.45) is 0 Å². The lowest BCUT2D eigenvalue weighted by Crippen LogP contribution is -2.45. The van der Waals surface area contributed by atoms with Crippen molar-refractivity contribution in [3.63, 3.8) is 0 Å². The number of carbonyl (C=O) groups excluding carboxylic acids is 2. The molecule has 0 heterocycles. The van der Waals surface area contributed by atoms with Gasteiger partial charge in [0.2, 0.25) is 0 Å². The number of amides is 1. The van der Waals surface area contributed by atoms with Gasteiger partial charge in [0.1, 0.15) is 0 Å². The highest BCUT2D eigenvalue weighted by molar-refractivity contribution is 6.30. The molecule has 2 rings (SSSR count). The molecule has 4 nitrogen and oxygen atoms in total. The molecule has 1 aliphatic carbocycles. The third-order valence-corrected chi connectivity index (χ3v) is 4.69. The number of nitrogens with zero attached hydrogens (tertiary/aromatic N) is 1. The third-order valence-electron chi connectivity index (χ3n) is 4.44. The zero-order chi connectivity index (χ0) is 16.2. The summed E-state index contributed by atoms with van der Waals surface area (Å²) in [6, 6.07) is 7.31. The van der Waals surface area contributed by atoms with Gasteiger partial charge in [0.15, 0.2) is 6.61 Å². The third kappa shape index (κ3) is 3.27. The maximum absolute atomic E-state index is 12.5. The molecule has 1 saturated carbocycles. The highest BCUT2D eigenvalue weighted by Crippen LogP contribution is 2.45. The molecule has 0 N–H and O–H groups in total. The van der Waals surface area contributed by atoms with E-state index >= 15 is 0 Å². The quantitative estimate of drug-likeness (QED) is 0.755. The van der Waals surface area contributed by atoms with E-state index in [0.29, 0.717) is 18.1 Å². The maximum atomic E-state index is 12.5. The van der Waals surface area contributed by atoms with Gasteiger partial charge in [-0.25, -0.2) is 0 Å². The van der Waals surface area contributed by atoms with E-state index < -0.39 is 5.41 Å². The van der Waals surface area contributed by atoms with Crippen molar-refractivity contribution in [3.05, 3.63) is 34.9 Å². The highest BCUT2D eigenvalue weighted by atomic mass is 35.5. The van der Waals surface area contributed by atoms with Crippen molar-refractivity contribution in [3.8, 4) is 0 Å². The van der Waals surface area contributed by atoms with Crippen LogP contribution in [0.15, 0.2) is 24.3 Å². The largest absolute Gasteiger partial charge is 0.455 e. The summed E-state index contributed by atoms with van der Waals surface area (Å²) in [6.07, 6.45) is 2.50. The van der Waals surface area contributed by atoms with Crippen LogP contribution in [0.2, 0.25) is 5.02 Å². The van der Waals surface area contributed by atoms with Crippen LogP contribution in [0, 0.1) is 0 Å². The van der Waals surface area contributed by atoms with E-state index in [2.05, 4.69) is 0 Å². The molecule has 0 aromatic heterocycles. The van der Waals surface area contributed by atoms with Gasteiger partial charge in [0, 0.05) is 18.1 Å². The Bertz CT molecular complexity index is 533. The number of hydrogen-bond donors (Lipinski definition) is 0. The summed E-state index contributed by atoms with van der Waals surface area (Å²) in [4.78, 5) is 26.1. The molecule has 0 saturated heterocycles. The molecule has 0 aliphatic heterocycles. The van der Waals surface area contributed by atoms with Gasteiger partial charge < -0.3 is 9.64 Å². The Kier molecular flexibility index (Phi) is 5.46. The SMILES string of the molecule is CCN(CC)C(=O)COC(=O)C1(c2ccc(Cl)cc2)CCC1. The molecule has 1 amide bonds. The maximum Gasteiger partial charge on any atom is 0.317 e. The standard InChI is InChI=1S/C17H22ClNO3/c1-3-19(4-2)15(20)12-22-16(21)17(10-5-11-17)13-6-8-14(18)9-7-13/h6-9H,3-5,10-12H2,1-2H3. The van der Waals surface area contributed by atoms with Crippen molar-refractivity contribution in [1.82, 2.24) is 4.90 Å². The first kappa shape index (κ1) is 16.8. The van der Waals surface area contributed by atoms with Crippen LogP contribution in [0.3, 0.4) is 0 Å². The van der Waals surface area contributed by atoms with Crippen molar-refractivity contribution in [2.75, 3.05) is 19.7 Å². The minimum Gasteiger partial charge on any atom is -0.455 e. The van der Waals surface area contributed by atoms with Gasteiger partial charge in [0.25, 0.3) is 5.91 Å². The molecule has 0 unspecified atom stereocenters. The fourth-order valence-corrected chi connectivity index (χ4v) is 2.97. The van der Waals surface area contributed by atoms with E-state index in [1.54, 1.807) is 17.0 Å². The molecule has 0 bridgehead atoms. The minimum absolute atomic E-state index is 0.149. The molecule has 1 aliphatic rings. The average molecular weight is 324 g/mol. The first-order chi connectivity index (χ1) is 10.5. The van der Waals surface area contributed by atoms with E-state index in [1.165, 1.54) is 0 Å².